The summed E-state index contributed by atoms with van der Waals surface area (Å²) in [6.45, 7) is 1.29. The van der Waals surface area contributed by atoms with Gasteiger partial charge in [0.25, 0.3) is 5.69 Å². The van der Waals surface area contributed by atoms with E-state index >= 15 is 0 Å². The monoisotopic (exact) mass is 330 g/mol. The summed E-state index contributed by atoms with van der Waals surface area (Å²) in [6.07, 6.45) is 3.34. The number of benzene rings is 1. The van der Waals surface area contributed by atoms with E-state index in [0.717, 1.165) is 4.90 Å². The Morgan fingerprint density at radius 2 is 2.00 bits per heavy atom. The summed E-state index contributed by atoms with van der Waals surface area (Å²) in [4.78, 5) is 37.1. The van der Waals surface area contributed by atoms with E-state index < -0.39 is 46.4 Å². The Morgan fingerprint density at radius 3 is 2.67 bits per heavy atom. The number of carbonyl (C=O) groups excluding carboxylic acids is 2. The lowest BCUT2D eigenvalue weighted by molar-refractivity contribution is -0.384. The first-order chi connectivity index (χ1) is 11.3. The van der Waals surface area contributed by atoms with Crippen molar-refractivity contribution in [2.45, 2.75) is 18.1 Å². The number of aliphatic hydroxyl groups excluding tert-OH is 1. The van der Waals surface area contributed by atoms with Crippen LogP contribution in [0.1, 0.15) is 6.92 Å². The van der Waals surface area contributed by atoms with Crippen molar-refractivity contribution in [3.8, 4) is 0 Å². The number of anilines is 1. The summed E-state index contributed by atoms with van der Waals surface area (Å²) in [5, 5.41) is 20.7. The van der Waals surface area contributed by atoms with Crippen LogP contribution in [0.5, 0.6) is 0 Å². The van der Waals surface area contributed by atoms with Crippen LogP contribution < -0.4 is 4.90 Å². The Labute approximate surface area is 136 Å². The highest BCUT2D eigenvalue weighted by molar-refractivity contribution is 6.23. The first-order valence-electron chi connectivity index (χ1n) is 7.47. The van der Waals surface area contributed by atoms with E-state index in [9.17, 15) is 24.8 Å². The number of non-ortho nitro benzene ring substituents is 1. The van der Waals surface area contributed by atoms with Gasteiger partial charge in [-0.05, 0) is 13.0 Å². The van der Waals surface area contributed by atoms with Crippen LogP contribution in [-0.4, -0.2) is 39.7 Å². The van der Waals surface area contributed by atoms with E-state index in [4.69, 9.17) is 4.74 Å². The molecule has 2 saturated heterocycles. The van der Waals surface area contributed by atoms with E-state index in [1.165, 1.54) is 24.3 Å². The van der Waals surface area contributed by atoms with Gasteiger partial charge in [0.05, 0.1) is 34.7 Å². The van der Waals surface area contributed by atoms with Crippen molar-refractivity contribution in [3.63, 3.8) is 0 Å². The number of nitrogens with zero attached hydrogens (tertiary/aromatic N) is 2. The molecule has 124 valence electrons. The molecular weight excluding hydrogens is 316 g/mol. The van der Waals surface area contributed by atoms with Crippen molar-refractivity contribution in [1.29, 1.82) is 0 Å². The van der Waals surface area contributed by atoms with E-state index in [1.807, 2.05) is 0 Å². The number of nitro benzene ring substituents is 1. The fourth-order valence-corrected chi connectivity index (χ4v) is 4.04. The lowest BCUT2D eigenvalue weighted by Gasteiger charge is -2.26. The van der Waals surface area contributed by atoms with Gasteiger partial charge in [-0.1, -0.05) is 18.2 Å². The fraction of sp³-hybridized carbons (Fsp3) is 0.375. The van der Waals surface area contributed by atoms with Gasteiger partial charge in [0.15, 0.2) is 0 Å². The van der Waals surface area contributed by atoms with Gasteiger partial charge in [-0.25, -0.2) is 4.90 Å². The average molecular weight is 330 g/mol. The van der Waals surface area contributed by atoms with Gasteiger partial charge < -0.3 is 9.84 Å². The molecule has 0 spiro atoms. The molecule has 3 aliphatic heterocycles. The second-order valence-electron chi connectivity index (χ2n) is 6.48. The topological polar surface area (TPSA) is 110 Å². The lowest BCUT2D eigenvalue weighted by atomic mass is 9.73. The number of amides is 2. The maximum Gasteiger partial charge on any atom is 0.271 e. The molecule has 4 unspecified atom stereocenters. The molecule has 8 heteroatoms. The quantitative estimate of drug-likeness (QED) is 0.380. The number of imide groups is 1. The van der Waals surface area contributed by atoms with Gasteiger partial charge in [0.1, 0.15) is 5.60 Å². The van der Waals surface area contributed by atoms with Gasteiger partial charge in [-0.3, -0.25) is 19.7 Å². The average Bonchev–Trinajstić information content (AvgIpc) is 3.13. The van der Waals surface area contributed by atoms with Crippen LogP contribution in [-0.2, 0) is 14.3 Å². The molecule has 0 aromatic heterocycles. The van der Waals surface area contributed by atoms with Crippen molar-refractivity contribution in [3.05, 3.63) is 46.5 Å². The van der Waals surface area contributed by atoms with Gasteiger partial charge in [-0.2, -0.15) is 0 Å². The molecule has 1 aromatic rings. The van der Waals surface area contributed by atoms with Crippen molar-refractivity contribution in [1.82, 2.24) is 0 Å². The van der Waals surface area contributed by atoms with Crippen LogP contribution in [0.15, 0.2) is 36.4 Å². The smallest absolute Gasteiger partial charge is 0.271 e. The second-order valence-corrected chi connectivity index (χ2v) is 6.48. The fourth-order valence-electron chi connectivity index (χ4n) is 4.04. The second kappa shape index (κ2) is 4.49. The molecule has 3 aliphatic rings. The lowest BCUT2D eigenvalue weighted by Crippen LogP contribution is -2.43. The molecule has 4 rings (SSSR count). The first-order valence-corrected chi connectivity index (χ1v) is 7.47. The molecule has 0 saturated carbocycles. The molecule has 3 heterocycles. The maximum absolute atomic E-state index is 12.9. The molecule has 2 amide bonds. The van der Waals surface area contributed by atoms with Crippen molar-refractivity contribution in [2.24, 2.45) is 11.8 Å². The Morgan fingerprint density at radius 1 is 1.29 bits per heavy atom. The van der Waals surface area contributed by atoms with Gasteiger partial charge >= 0.3 is 0 Å². The summed E-state index contributed by atoms with van der Waals surface area (Å²) in [6, 6.07) is 5.39. The number of carbonyl (C=O) groups is 2. The number of nitro groups is 1. The minimum absolute atomic E-state index is 0.157. The minimum Gasteiger partial charge on any atom is -0.393 e. The highest BCUT2D eigenvalue weighted by atomic mass is 16.6. The highest BCUT2D eigenvalue weighted by Gasteiger charge is 2.72. The summed E-state index contributed by atoms with van der Waals surface area (Å²) < 4.78 is 5.81. The third-order valence-electron chi connectivity index (χ3n) is 5.10. The molecule has 1 N–H and O–H groups in total. The summed E-state index contributed by atoms with van der Waals surface area (Å²) in [5.74, 6) is -2.55. The van der Waals surface area contributed by atoms with E-state index in [-0.39, 0.29) is 11.4 Å². The SMILES string of the molecule is CC12C=CC(CO)(O1)C1C(=O)N(c3cccc([N+](=O)[O-])c3)C(=O)C12. The Bertz CT molecular complexity index is 821. The number of ether oxygens (including phenoxy) is 1. The van der Waals surface area contributed by atoms with Gasteiger partial charge in [0, 0.05) is 12.1 Å². The van der Waals surface area contributed by atoms with Crippen molar-refractivity contribution >= 4 is 23.2 Å². The zero-order valence-corrected chi connectivity index (χ0v) is 12.7. The zero-order chi connectivity index (χ0) is 17.3. The molecule has 2 bridgehead atoms. The first kappa shape index (κ1) is 15.0. The summed E-state index contributed by atoms with van der Waals surface area (Å²) >= 11 is 0. The van der Waals surface area contributed by atoms with Crippen LogP contribution >= 0.6 is 0 Å². The Hall–Kier alpha value is -2.58. The number of hydrogen-bond acceptors (Lipinski definition) is 6. The number of rotatable bonds is 3. The number of aliphatic hydroxyl groups is 1. The molecule has 0 aliphatic carbocycles. The highest BCUT2D eigenvalue weighted by Crippen LogP contribution is 2.57. The van der Waals surface area contributed by atoms with Gasteiger partial charge in [0.2, 0.25) is 11.8 Å². The van der Waals surface area contributed by atoms with Crippen LogP contribution in [0.3, 0.4) is 0 Å². The molecule has 24 heavy (non-hydrogen) atoms. The molecule has 4 atom stereocenters. The van der Waals surface area contributed by atoms with E-state index in [1.54, 1.807) is 19.1 Å². The maximum atomic E-state index is 12.9. The standard InChI is InChI=1S/C16H14N2O6/c1-15-5-6-16(8-19,24-15)12-11(15)13(20)17(14(12)21)9-3-2-4-10(7-9)18(22)23/h2-7,11-12,19H,8H2,1H3. The summed E-state index contributed by atoms with van der Waals surface area (Å²) in [5.41, 5.74) is -2.22. The Balaban J connectivity index is 1.80. The van der Waals surface area contributed by atoms with Crippen LogP contribution in [0.25, 0.3) is 0 Å². The van der Waals surface area contributed by atoms with E-state index in [0.29, 0.717) is 0 Å². The van der Waals surface area contributed by atoms with Crippen molar-refractivity contribution < 1.29 is 24.4 Å². The Kier molecular flexibility index (Phi) is 2.80. The van der Waals surface area contributed by atoms with Crippen LogP contribution in [0, 0.1) is 22.0 Å². The summed E-state index contributed by atoms with van der Waals surface area (Å²) in [7, 11) is 0. The van der Waals surface area contributed by atoms with Gasteiger partial charge in [-0.15, -0.1) is 0 Å². The number of fused-ring (bicyclic) bond motifs is 5. The molecule has 8 nitrogen and oxygen atoms in total. The minimum atomic E-state index is -1.21. The third kappa shape index (κ3) is 1.64. The van der Waals surface area contributed by atoms with E-state index in [2.05, 4.69) is 0 Å². The molecule has 1 aromatic carbocycles. The largest absolute Gasteiger partial charge is 0.393 e. The normalized spacial score (nSPS) is 36.5. The van der Waals surface area contributed by atoms with Crippen LogP contribution in [0.4, 0.5) is 11.4 Å². The predicted octanol–water partition coefficient (Wildman–Crippen LogP) is 0.790. The molecular formula is C16H14N2O6. The predicted molar refractivity (Wildman–Crippen MR) is 81.0 cm³/mol. The van der Waals surface area contributed by atoms with Crippen molar-refractivity contribution in [2.75, 3.05) is 11.5 Å². The van der Waals surface area contributed by atoms with Crippen LogP contribution in [0.2, 0.25) is 0 Å². The third-order valence-corrected chi connectivity index (χ3v) is 5.10. The molecule has 2 fully saturated rings. The number of hydrogen-bond donors (Lipinski definition) is 1. The molecule has 0 radical (unpaired) electrons. The zero-order valence-electron chi connectivity index (χ0n) is 12.7.